The molecule has 0 spiro atoms. The lowest BCUT2D eigenvalue weighted by molar-refractivity contribution is -0.150. The molecule has 1 saturated carbocycles. The van der Waals surface area contributed by atoms with E-state index >= 15 is 0 Å². The first kappa shape index (κ1) is 10.6. The van der Waals surface area contributed by atoms with Gasteiger partial charge in [0.1, 0.15) is 5.16 Å². The number of carbonyl (C=O) groups excluding carboxylic acids is 2. The van der Waals surface area contributed by atoms with Crippen LogP contribution in [0.25, 0.3) is 0 Å². The Kier molecular flexibility index (Phi) is 3.43. The molecule has 1 aliphatic carbocycles. The van der Waals surface area contributed by atoms with Gasteiger partial charge < -0.3 is 4.74 Å². The fourth-order valence-electron chi connectivity index (χ4n) is 1.53. The molecule has 74 valence electrons. The zero-order valence-electron chi connectivity index (χ0n) is 7.84. The van der Waals surface area contributed by atoms with E-state index in [9.17, 15) is 9.59 Å². The number of rotatable bonds is 2. The maximum absolute atomic E-state index is 11.5. The summed E-state index contributed by atoms with van der Waals surface area (Å²) in [5, 5.41) is -0.936. The Morgan fingerprint density at radius 1 is 1.62 bits per heavy atom. The normalized spacial score (nSPS) is 28.6. The van der Waals surface area contributed by atoms with Crippen LogP contribution < -0.4 is 0 Å². The third-order valence-electron chi connectivity index (χ3n) is 2.36. The van der Waals surface area contributed by atoms with Gasteiger partial charge in [-0.05, 0) is 19.8 Å². The molecule has 0 N–H and O–H groups in total. The SMILES string of the molecule is CCOC(=O)C1(P)CCCCC1=O. The number of ether oxygens (including phenoxy) is 1. The van der Waals surface area contributed by atoms with Gasteiger partial charge in [-0.15, -0.1) is 9.24 Å². The van der Waals surface area contributed by atoms with Crippen LogP contribution in [-0.4, -0.2) is 23.5 Å². The highest BCUT2D eigenvalue weighted by molar-refractivity contribution is 7.23. The average molecular weight is 202 g/mol. The molecule has 0 aliphatic heterocycles. The van der Waals surface area contributed by atoms with Crippen LogP contribution in [0.3, 0.4) is 0 Å². The molecule has 0 aromatic carbocycles. The van der Waals surface area contributed by atoms with Crippen LogP contribution in [0.4, 0.5) is 0 Å². The van der Waals surface area contributed by atoms with Crippen LogP contribution >= 0.6 is 9.24 Å². The van der Waals surface area contributed by atoms with Crippen molar-refractivity contribution in [1.29, 1.82) is 0 Å². The monoisotopic (exact) mass is 202 g/mol. The van der Waals surface area contributed by atoms with Crippen molar-refractivity contribution >= 4 is 21.0 Å². The summed E-state index contributed by atoms with van der Waals surface area (Å²) in [5.74, 6) is -0.382. The van der Waals surface area contributed by atoms with Crippen molar-refractivity contribution in [3.05, 3.63) is 0 Å². The van der Waals surface area contributed by atoms with E-state index in [1.807, 2.05) is 0 Å². The zero-order chi connectivity index (χ0) is 9.90. The standard InChI is InChI=1S/C9H15O3P/c1-2-12-8(11)9(13)6-4-3-5-7(9)10/h2-6,13H2,1H3. The van der Waals surface area contributed by atoms with Crippen LogP contribution in [0.2, 0.25) is 0 Å². The summed E-state index contributed by atoms with van der Waals surface area (Å²) in [6.45, 7) is 2.08. The van der Waals surface area contributed by atoms with Crippen molar-refractivity contribution in [2.75, 3.05) is 6.61 Å². The molecule has 0 heterocycles. The molecule has 0 amide bonds. The van der Waals surface area contributed by atoms with E-state index in [0.717, 1.165) is 12.8 Å². The summed E-state index contributed by atoms with van der Waals surface area (Å²) >= 11 is 0. The highest BCUT2D eigenvalue weighted by Crippen LogP contribution is 2.34. The second-order valence-corrected chi connectivity index (χ2v) is 4.31. The second-order valence-electron chi connectivity index (χ2n) is 3.32. The Bertz CT molecular complexity index is 227. The van der Waals surface area contributed by atoms with Crippen molar-refractivity contribution in [3.63, 3.8) is 0 Å². The maximum Gasteiger partial charge on any atom is 0.323 e. The lowest BCUT2D eigenvalue weighted by atomic mass is 9.87. The van der Waals surface area contributed by atoms with Gasteiger partial charge in [-0.25, -0.2) is 0 Å². The molecule has 4 heteroatoms. The van der Waals surface area contributed by atoms with E-state index in [1.165, 1.54) is 0 Å². The number of hydrogen-bond acceptors (Lipinski definition) is 3. The highest BCUT2D eigenvalue weighted by atomic mass is 31.0. The predicted octanol–water partition coefficient (Wildman–Crippen LogP) is 1.31. The van der Waals surface area contributed by atoms with E-state index < -0.39 is 5.16 Å². The minimum absolute atomic E-state index is 0.00204. The molecule has 2 atom stereocenters. The molecule has 3 nitrogen and oxygen atoms in total. The number of carbonyl (C=O) groups is 2. The molecule has 1 rings (SSSR count). The van der Waals surface area contributed by atoms with Gasteiger partial charge >= 0.3 is 5.97 Å². The first-order valence-corrected chi connectivity index (χ1v) is 5.18. The van der Waals surface area contributed by atoms with E-state index in [1.54, 1.807) is 6.92 Å². The van der Waals surface area contributed by atoms with Crippen LogP contribution in [0.5, 0.6) is 0 Å². The Morgan fingerprint density at radius 2 is 2.31 bits per heavy atom. The average Bonchev–Trinajstić information content (AvgIpc) is 2.11. The van der Waals surface area contributed by atoms with Crippen molar-refractivity contribution < 1.29 is 14.3 Å². The number of hydrogen-bond donors (Lipinski definition) is 0. The van der Waals surface area contributed by atoms with Crippen LogP contribution in [0, 0.1) is 0 Å². The van der Waals surface area contributed by atoms with E-state index in [0.29, 0.717) is 19.4 Å². The van der Waals surface area contributed by atoms with Crippen molar-refractivity contribution in [2.24, 2.45) is 0 Å². The first-order valence-electron chi connectivity index (χ1n) is 4.60. The molecule has 0 radical (unpaired) electrons. The summed E-state index contributed by atoms with van der Waals surface area (Å²) in [6.07, 6.45) is 2.93. The summed E-state index contributed by atoms with van der Waals surface area (Å²) < 4.78 is 4.87. The minimum Gasteiger partial charge on any atom is -0.465 e. The summed E-state index contributed by atoms with van der Waals surface area (Å²) in [6, 6.07) is 0. The Morgan fingerprint density at radius 3 is 2.85 bits per heavy atom. The first-order chi connectivity index (χ1) is 6.11. The summed E-state index contributed by atoms with van der Waals surface area (Å²) in [4.78, 5) is 23.0. The van der Waals surface area contributed by atoms with Gasteiger partial charge in [0, 0.05) is 6.42 Å². The molecule has 0 bridgehead atoms. The van der Waals surface area contributed by atoms with E-state index in [4.69, 9.17) is 4.74 Å². The number of esters is 1. The molecule has 0 aromatic heterocycles. The van der Waals surface area contributed by atoms with Gasteiger partial charge in [-0.3, -0.25) is 9.59 Å². The molecule has 1 fully saturated rings. The predicted molar refractivity (Wildman–Crippen MR) is 52.5 cm³/mol. The van der Waals surface area contributed by atoms with Crippen LogP contribution in [-0.2, 0) is 14.3 Å². The van der Waals surface area contributed by atoms with Gasteiger partial charge in [0.15, 0.2) is 5.78 Å². The highest BCUT2D eigenvalue weighted by Gasteiger charge is 2.43. The summed E-state index contributed by atoms with van der Waals surface area (Å²) in [7, 11) is 2.37. The van der Waals surface area contributed by atoms with Crippen molar-refractivity contribution in [2.45, 2.75) is 37.8 Å². The Hall–Kier alpha value is -0.430. The van der Waals surface area contributed by atoms with Gasteiger partial charge in [0.05, 0.1) is 6.61 Å². The molecule has 2 unspecified atom stereocenters. The van der Waals surface area contributed by atoms with E-state index in [2.05, 4.69) is 9.24 Å². The van der Waals surface area contributed by atoms with Gasteiger partial charge in [0.25, 0.3) is 0 Å². The lowest BCUT2D eigenvalue weighted by Crippen LogP contribution is -2.44. The fraction of sp³-hybridized carbons (Fsp3) is 0.778. The van der Waals surface area contributed by atoms with Crippen molar-refractivity contribution in [3.8, 4) is 0 Å². The molecule has 1 aliphatic rings. The topological polar surface area (TPSA) is 43.4 Å². The second kappa shape index (κ2) is 4.19. The molecule has 13 heavy (non-hydrogen) atoms. The molecule has 0 saturated heterocycles. The lowest BCUT2D eigenvalue weighted by Gasteiger charge is -2.28. The maximum atomic E-state index is 11.5. The quantitative estimate of drug-likeness (QED) is 0.385. The van der Waals surface area contributed by atoms with Gasteiger partial charge in [-0.1, -0.05) is 6.42 Å². The molecule has 0 aromatic rings. The molecular formula is C9H15O3P. The summed E-state index contributed by atoms with van der Waals surface area (Å²) in [5.41, 5.74) is 0. The minimum atomic E-state index is -0.936. The molecular weight excluding hydrogens is 187 g/mol. The number of ketones is 1. The fourth-order valence-corrected chi connectivity index (χ4v) is 1.96. The largest absolute Gasteiger partial charge is 0.465 e. The Labute approximate surface area is 80.4 Å². The van der Waals surface area contributed by atoms with Crippen LogP contribution in [0.1, 0.15) is 32.6 Å². The number of Topliss-reactive ketones (excluding diaryl/α,β-unsaturated/α-hetero) is 1. The third-order valence-corrected chi connectivity index (χ3v) is 3.21. The third kappa shape index (κ3) is 2.08. The van der Waals surface area contributed by atoms with Gasteiger partial charge in [-0.2, -0.15) is 0 Å². The van der Waals surface area contributed by atoms with E-state index in [-0.39, 0.29) is 11.8 Å². The van der Waals surface area contributed by atoms with Crippen molar-refractivity contribution in [1.82, 2.24) is 0 Å². The smallest absolute Gasteiger partial charge is 0.323 e. The zero-order valence-corrected chi connectivity index (χ0v) is 8.99. The van der Waals surface area contributed by atoms with Crippen LogP contribution in [0.15, 0.2) is 0 Å². The Balaban J connectivity index is 2.71. The van der Waals surface area contributed by atoms with Gasteiger partial charge in [0.2, 0.25) is 0 Å².